The fraction of sp³-hybridized carbons (Fsp3) is 0.417. The van der Waals surface area contributed by atoms with E-state index >= 15 is 0 Å². The van der Waals surface area contributed by atoms with Gasteiger partial charge in [0.1, 0.15) is 12.6 Å². The number of rotatable bonds is 10. The minimum atomic E-state index is -3.86. The second kappa shape index (κ2) is 11.9. The van der Waals surface area contributed by atoms with E-state index in [0.29, 0.717) is 0 Å². The summed E-state index contributed by atoms with van der Waals surface area (Å²) in [5.41, 5.74) is 2.00. The minimum absolute atomic E-state index is 0.0630. The molecule has 34 heavy (non-hydrogen) atoms. The first-order valence-corrected chi connectivity index (χ1v) is 13.5. The molecule has 2 atom stereocenters. The second-order valence-electron chi connectivity index (χ2n) is 8.40. The van der Waals surface area contributed by atoms with Crippen LogP contribution in [-0.2, 0) is 26.2 Å². The summed E-state index contributed by atoms with van der Waals surface area (Å²) in [6.45, 7) is 7.03. The third-order valence-electron chi connectivity index (χ3n) is 5.42. The van der Waals surface area contributed by atoms with Crippen LogP contribution in [0.25, 0.3) is 0 Å². The molecule has 2 rings (SSSR count). The molecule has 186 valence electrons. The predicted molar refractivity (Wildman–Crippen MR) is 138 cm³/mol. The van der Waals surface area contributed by atoms with E-state index in [4.69, 9.17) is 23.2 Å². The molecule has 10 heteroatoms. The van der Waals surface area contributed by atoms with Crippen molar-refractivity contribution in [3.05, 3.63) is 63.6 Å². The molecule has 0 saturated carbocycles. The number of amides is 2. The quantitative estimate of drug-likeness (QED) is 0.495. The molecule has 0 radical (unpaired) electrons. The van der Waals surface area contributed by atoms with Gasteiger partial charge in [-0.2, -0.15) is 0 Å². The van der Waals surface area contributed by atoms with E-state index in [2.05, 4.69) is 5.32 Å². The van der Waals surface area contributed by atoms with E-state index in [1.165, 1.54) is 23.1 Å². The molecule has 0 aliphatic rings. The van der Waals surface area contributed by atoms with E-state index in [1.54, 1.807) is 6.92 Å². The molecule has 0 unspecified atom stereocenters. The summed E-state index contributed by atoms with van der Waals surface area (Å²) >= 11 is 12.1. The lowest BCUT2D eigenvalue weighted by molar-refractivity contribution is -0.139. The van der Waals surface area contributed by atoms with Gasteiger partial charge < -0.3 is 10.2 Å². The van der Waals surface area contributed by atoms with Crippen LogP contribution >= 0.6 is 23.2 Å². The van der Waals surface area contributed by atoms with Crippen LogP contribution in [0.4, 0.5) is 5.69 Å². The van der Waals surface area contributed by atoms with Gasteiger partial charge in [-0.3, -0.25) is 13.9 Å². The fourth-order valence-corrected chi connectivity index (χ4v) is 4.70. The van der Waals surface area contributed by atoms with Gasteiger partial charge in [-0.05, 0) is 51.0 Å². The summed E-state index contributed by atoms with van der Waals surface area (Å²) in [6.07, 6.45) is 1.74. The first-order valence-electron chi connectivity index (χ1n) is 10.9. The SMILES string of the molecule is CC[C@@H](C)NC(=O)[C@@H](C)N(Cc1cccc(C)c1)C(=O)CN(c1cc(Cl)cc(Cl)c1)S(C)(=O)=O. The van der Waals surface area contributed by atoms with Gasteiger partial charge in [-0.25, -0.2) is 8.42 Å². The maximum atomic E-state index is 13.5. The summed E-state index contributed by atoms with van der Waals surface area (Å²) in [7, 11) is -3.86. The van der Waals surface area contributed by atoms with Crippen LogP contribution in [0.1, 0.15) is 38.3 Å². The van der Waals surface area contributed by atoms with Gasteiger partial charge in [0.25, 0.3) is 0 Å². The third-order valence-corrected chi connectivity index (χ3v) is 7.00. The van der Waals surface area contributed by atoms with Crippen LogP contribution in [0.5, 0.6) is 0 Å². The standard InChI is InChI=1S/C24H31Cl2N3O4S/c1-6-17(3)27-24(31)18(4)28(14-19-9-7-8-16(2)10-19)23(30)15-29(34(5,32)33)22-12-20(25)11-21(26)13-22/h7-13,17-18H,6,14-15H2,1-5H3,(H,27,31)/t17-,18-/m1/s1. The molecule has 1 N–H and O–H groups in total. The van der Waals surface area contributed by atoms with E-state index in [1.807, 2.05) is 45.0 Å². The highest BCUT2D eigenvalue weighted by molar-refractivity contribution is 7.92. The molecular weight excluding hydrogens is 497 g/mol. The molecular formula is C24H31Cl2N3O4S. The zero-order chi connectivity index (χ0) is 25.6. The Morgan fingerprint density at radius 2 is 1.68 bits per heavy atom. The highest BCUT2D eigenvalue weighted by Gasteiger charge is 2.30. The number of benzene rings is 2. The smallest absolute Gasteiger partial charge is 0.244 e. The summed E-state index contributed by atoms with van der Waals surface area (Å²) in [4.78, 5) is 27.8. The Bertz CT molecular complexity index is 1120. The lowest BCUT2D eigenvalue weighted by Crippen LogP contribution is -2.52. The average Bonchev–Trinajstić information content (AvgIpc) is 2.73. The Kier molecular flexibility index (Phi) is 9.79. The van der Waals surface area contributed by atoms with Gasteiger partial charge >= 0.3 is 0 Å². The number of carbonyl (C=O) groups is 2. The van der Waals surface area contributed by atoms with Crippen molar-refractivity contribution in [3.63, 3.8) is 0 Å². The monoisotopic (exact) mass is 527 g/mol. The highest BCUT2D eigenvalue weighted by Crippen LogP contribution is 2.27. The normalized spacial score (nSPS) is 13.1. The van der Waals surface area contributed by atoms with Crippen LogP contribution in [0.3, 0.4) is 0 Å². The van der Waals surface area contributed by atoms with Gasteiger partial charge in [-0.1, -0.05) is 60.0 Å². The summed E-state index contributed by atoms with van der Waals surface area (Å²) in [6, 6.07) is 11.0. The largest absolute Gasteiger partial charge is 0.352 e. The maximum absolute atomic E-state index is 13.5. The molecule has 0 heterocycles. The zero-order valence-corrected chi connectivity index (χ0v) is 22.3. The van der Waals surface area contributed by atoms with E-state index < -0.39 is 28.5 Å². The Labute approximate surface area is 212 Å². The van der Waals surface area contributed by atoms with Crippen molar-refractivity contribution in [2.45, 2.75) is 52.7 Å². The third kappa shape index (κ3) is 7.89. The molecule has 0 bridgehead atoms. The van der Waals surface area contributed by atoms with Crippen molar-refractivity contribution in [2.75, 3.05) is 17.1 Å². The van der Waals surface area contributed by atoms with Crippen molar-refractivity contribution in [1.82, 2.24) is 10.2 Å². The lowest BCUT2D eigenvalue weighted by atomic mass is 10.1. The van der Waals surface area contributed by atoms with E-state index in [0.717, 1.165) is 28.1 Å². The number of anilines is 1. The molecule has 7 nitrogen and oxygen atoms in total. The number of nitrogens with one attached hydrogen (secondary N) is 1. The average molecular weight is 529 g/mol. The minimum Gasteiger partial charge on any atom is -0.352 e. The number of hydrogen-bond donors (Lipinski definition) is 1. The molecule has 0 fully saturated rings. The van der Waals surface area contributed by atoms with Crippen molar-refractivity contribution in [3.8, 4) is 0 Å². The summed E-state index contributed by atoms with van der Waals surface area (Å²) < 4.78 is 26.1. The molecule has 0 aromatic heterocycles. The van der Waals surface area contributed by atoms with Gasteiger partial charge in [-0.15, -0.1) is 0 Å². The first kappa shape index (κ1) is 28.0. The van der Waals surface area contributed by atoms with Crippen LogP contribution < -0.4 is 9.62 Å². The molecule has 2 aromatic rings. The molecule has 0 saturated heterocycles. The first-order chi connectivity index (χ1) is 15.8. The van der Waals surface area contributed by atoms with Crippen LogP contribution in [0, 0.1) is 6.92 Å². The van der Waals surface area contributed by atoms with Crippen LogP contribution in [-0.4, -0.2) is 50.0 Å². The molecule has 2 amide bonds. The van der Waals surface area contributed by atoms with Crippen molar-refractivity contribution in [1.29, 1.82) is 0 Å². The van der Waals surface area contributed by atoms with Crippen LogP contribution in [0.2, 0.25) is 10.0 Å². The Hall–Kier alpha value is -2.29. The number of halogens is 2. The Balaban J connectivity index is 2.42. The lowest BCUT2D eigenvalue weighted by Gasteiger charge is -2.32. The Morgan fingerprint density at radius 1 is 1.06 bits per heavy atom. The van der Waals surface area contributed by atoms with Crippen molar-refractivity contribution < 1.29 is 18.0 Å². The van der Waals surface area contributed by atoms with E-state index in [-0.39, 0.29) is 34.2 Å². The van der Waals surface area contributed by atoms with Crippen LogP contribution in [0.15, 0.2) is 42.5 Å². The fourth-order valence-electron chi connectivity index (χ4n) is 3.35. The van der Waals surface area contributed by atoms with Gasteiger partial charge in [0, 0.05) is 22.6 Å². The summed E-state index contributed by atoms with van der Waals surface area (Å²) in [5, 5.41) is 3.37. The van der Waals surface area contributed by atoms with Crippen molar-refractivity contribution in [2.24, 2.45) is 0 Å². The number of sulfonamides is 1. The van der Waals surface area contributed by atoms with E-state index in [9.17, 15) is 18.0 Å². The topological polar surface area (TPSA) is 86.8 Å². The predicted octanol–water partition coefficient (Wildman–Crippen LogP) is 4.40. The molecule has 0 spiro atoms. The molecule has 0 aliphatic carbocycles. The summed E-state index contributed by atoms with van der Waals surface area (Å²) in [5.74, 6) is -0.845. The molecule has 2 aromatic carbocycles. The van der Waals surface area contributed by atoms with Gasteiger partial charge in [0.05, 0.1) is 11.9 Å². The highest BCUT2D eigenvalue weighted by atomic mass is 35.5. The van der Waals surface area contributed by atoms with Crippen molar-refractivity contribution >= 4 is 50.7 Å². The number of aryl methyl sites for hydroxylation is 1. The maximum Gasteiger partial charge on any atom is 0.244 e. The number of carbonyl (C=O) groups excluding carboxylic acids is 2. The van der Waals surface area contributed by atoms with Gasteiger partial charge in [0.15, 0.2) is 0 Å². The molecule has 0 aliphatic heterocycles. The zero-order valence-electron chi connectivity index (χ0n) is 20.0. The second-order valence-corrected chi connectivity index (χ2v) is 11.2. The van der Waals surface area contributed by atoms with Gasteiger partial charge in [0.2, 0.25) is 21.8 Å². The Morgan fingerprint density at radius 3 is 2.21 bits per heavy atom. The number of nitrogens with zero attached hydrogens (tertiary/aromatic N) is 2. The number of hydrogen-bond acceptors (Lipinski definition) is 4.